The van der Waals surface area contributed by atoms with Gasteiger partial charge in [-0.15, -0.1) is 11.3 Å². The Balaban J connectivity index is 2.81. The minimum atomic E-state index is -0.338. The first-order chi connectivity index (χ1) is 9.85. The number of rotatable bonds is 6. The number of esters is 1. The molecule has 1 N–H and O–H groups in total. The van der Waals surface area contributed by atoms with E-state index in [9.17, 15) is 4.79 Å². The summed E-state index contributed by atoms with van der Waals surface area (Å²) in [6, 6.07) is 1.85. The van der Waals surface area contributed by atoms with Gasteiger partial charge >= 0.3 is 5.97 Å². The molecule has 21 heavy (non-hydrogen) atoms. The van der Waals surface area contributed by atoms with Crippen molar-refractivity contribution in [3.63, 3.8) is 0 Å². The second-order valence-electron chi connectivity index (χ2n) is 5.78. The predicted molar refractivity (Wildman–Crippen MR) is 93.1 cm³/mol. The fraction of sp³-hybridized carbons (Fsp3) is 0.600. The van der Waals surface area contributed by atoms with E-state index in [1.165, 1.54) is 18.4 Å². The van der Waals surface area contributed by atoms with Crippen LogP contribution in [0.15, 0.2) is 11.4 Å². The molecule has 0 fully saturated rings. The molecule has 6 heteroatoms. The molecule has 1 aromatic rings. The number of methoxy groups -OCH3 is 1. The minimum absolute atomic E-state index is 0.338. The molecule has 0 radical (unpaired) electrons. The van der Waals surface area contributed by atoms with Gasteiger partial charge in [-0.25, -0.2) is 4.79 Å². The molecule has 0 aliphatic heterocycles. The molecule has 0 saturated carbocycles. The van der Waals surface area contributed by atoms with Gasteiger partial charge in [0, 0.05) is 13.1 Å². The highest BCUT2D eigenvalue weighted by molar-refractivity contribution is 7.80. The van der Waals surface area contributed by atoms with Crippen molar-refractivity contribution in [2.24, 2.45) is 11.8 Å². The Hall–Kier alpha value is -1.14. The van der Waals surface area contributed by atoms with Crippen LogP contribution in [-0.2, 0) is 4.74 Å². The average Bonchev–Trinajstić information content (AvgIpc) is 2.84. The Bertz CT molecular complexity index is 474. The zero-order valence-corrected chi connectivity index (χ0v) is 14.9. The van der Waals surface area contributed by atoms with Gasteiger partial charge in [0.05, 0.1) is 12.8 Å². The van der Waals surface area contributed by atoms with Crippen molar-refractivity contribution < 1.29 is 9.53 Å². The number of nitrogens with zero attached hydrogens (tertiary/aromatic N) is 1. The highest BCUT2D eigenvalue weighted by Crippen LogP contribution is 2.23. The number of hydrogen-bond acceptors (Lipinski definition) is 4. The van der Waals surface area contributed by atoms with Gasteiger partial charge in [-0.3, -0.25) is 0 Å². The van der Waals surface area contributed by atoms with Crippen LogP contribution in [0.1, 0.15) is 37.4 Å². The summed E-state index contributed by atoms with van der Waals surface area (Å²) in [5.41, 5.74) is 0.717. The van der Waals surface area contributed by atoms with Crippen LogP contribution in [0.4, 0.5) is 5.69 Å². The van der Waals surface area contributed by atoms with Gasteiger partial charge in [-0.2, -0.15) is 0 Å². The highest BCUT2D eigenvalue weighted by atomic mass is 32.1. The second-order valence-corrected chi connectivity index (χ2v) is 7.08. The molecule has 1 aromatic heterocycles. The highest BCUT2D eigenvalue weighted by Gasteiger charge is 2.18. The molecule has 4 nitrogen and oxygen atoms in total. The van der Waals surface area contributed by atoms with E-state index >= 15 is 0 Å². The average molecular weight is 329 g/mol. The molecule has 0 saturated heterocycles. The molecule has 1 heterocycles. The van der Waals surface area contributed by atoms with Gasteiger partial charge < -0.3 is 15.0 Å². The van der Waals surface area contributed by atoms with Crippen LogP contribution in [0.25, 0.3) is 0 Å². The maximum absolute atomic E-state index is 11.7. The molecule has 0 unspecified atom stereocenters. The standard InChI is InChI=1S/C15H24N2O2S2/c1-10(2)8-17(9-11(3)4)15(20)16-12-6-7-21-13(12)14(18)19-5/h6-7,10-11H,8-9H2,1-5H3,(H,16,20). The molecule has 1 rings (SSSR count). The lowest BCUT2D eigenvalue weighted by atomic mass is 10.1. The topological polar surface area (TPSA) is 41.6 Å². The minimum Gasteiger partial charge on any atom is -0.465 e. The fourth-order valence-electron chi connectivity index (χ4n) is 1.97. The van der Waals surface area contributed by atoms with Gasteiger partial charge in [0.1, 0.15) is 4.88 Å². The number of hydrogen-bond donors (Lipinski definition) is 1. The van der Waals surface area contributed by atoms with Gasteiger partial charge in [0.25, 0.3) is 0 Å². The van der Waals surface area contributed by atoms with Gasteiger partial charge in [-0.05, 0) is 35.5 Å². The normalized spacial score (nSPS) is 10.8. The summed E-state index contributed by atoms with van der Waals surface area (Å²) in [5, 5.41) is 5.69. The zero-order valence-electron chi connectivity index (χ0n) is 13.3. The number of carbonyl (C=O) groups excluding carboxylic acids is 1. The molecule has 0 bridgehead atoms. The number of thiophene rings is 1. The van der Waals surface area contributed by atoms with Gasteiger partial charge in [0.15, 0.2) is 5.11 Å². The summed E-state index contributed by atoms with van der Waals surface area (Å²) >= 11 is 6.86. The van der Waals surface area contributed by atoms with E-state index in [0.29, 0.717) is 21.8 Å². The lowest BCUT2D eigenvalue weighted by Gasteiger charge is -2.29. The third kappa shape index (κ3) is 5.63. The summed E-state index contributed by atoms with van der Waals surface area (Å²) in [7, 11) is 1.38. The predicted octanol–water partition coefficient (Wildman–Crippen LogP) is 3.85. The van der Waals surface area contributed by atoms with Crippen LogP contribution in [0.5, 0.6) is 0 Å². The van der Waals surface area contributed by atoms with Crippen molar-refractivity contribution in [1.82, 2.24) is 4.90 Å². The van der Waals surface area contributed by atoms with Crippen LogP contribution in [0, 0.1) is 11.8 Å². The van der Waals surface area contributed by atoms with E-state index < -0.39 is 0 Å². The fourth-order valence-corrected chi connectivity index (χ4v) is 3.00. The van der Waals surface area contributed by atoms with E-state index in [-0.39, 0.29) is 5.97 Å². The zero-order chi connectivity index (χ0) is 16.0. The quantitative estimate of drug-likeness (QED) is 0.634. The summed E-state index contributed by atoms with van der Waals surface area (Å²) in [5.74, 6) is 0.701. The number of nitrogens with one attached hydrogen (secondary N) is 1. The number of thiocarbonyl (C=S) groups is 1. The van der Waals surface area contributed by atoms with Crippen molar-refractivity contribution in [1.29, 1.82) is 0 Å². The Labute approximate surface area is 136 Å². The summed E-state index contributed by atoms with van der Waals surface area (Å²) < 4.78 is 4.78. The Morgan fingerprint density at radius 2 is 1.90 bits per heavy atom. The van der Waals surface area contributed by atoms with Crippen LogP contribution in [-0.4, -0.2) is 36.2 Å². The third-order valence-electron chi connectivity index (χ3n) is 2.74. The molecule has 0 aromatic carbocycles. The Morgan fingerprint density at radius 1 is 1.33 bits per heavy atom. The van der Waals surface area contributed by atoms with E-state index in [4.69, 9.17) is 17.0 Å². The monoisotopic (exact) mass is 328 g/mol. The molecule has 0 spiro atoms. The lowest BCUT2D eigenvalue weighted by molar-refractivity contribution is 0.0607. The molecule has 118 valence electrons. The smallest absolute Gasteiger partial charge is 0.350 e. The number of carbonyl (C=O) groups is 1. The Kier molecular flexibility index (Phi) is 7.11. The molecule has 0 aliphatic carbocycles. The molecular formula is C15H24N2O2S2. The molecular weight excluding hydrogens is 304 g/mol. The van der Waals surface area contributed by atoms with Crippen LogP contribution in [0.2, 0.25) is 0 Å². The summed E-state index contributed by atoms with van der Waals surface area (Å²) in [6.07, 6.45) is 0. The van der Waals surface area contributed by atoms with E-state index in [0.717, 1.165) is 18.8 Å². The van der Waals surface area contributed by atoms with Crippen LogP contribution < -0.4 is 5.32 Å². The van der Waals surface area contributed by atoms with Gasteiger partial charge in [-0.1, -0.05) is 27.7 Å². The first-order valence-corrected chi connectivity index (χ1v) is 8.35. The van der Waals surface area contributed by atoms with Crippen molar-refractivity contribution in [3.8, 4) is 0 Å². The first kappa shape index (κ1) is 17.9. The summed E-state index contributed by atoms with van der Waals surface area (Å²) in [4.78, 5) is 14.4. The number of anilines is 1. The van der Waals surface area contributed by atoms with Gasteiger partial charge in [0.2, 0.25) is 0 Å². The number of ether oxygens (including phenoxy) is 1. The lowest BCUT2D eigenvalue weighted by Crippen LogP contribution is -2.39. The van der Waals surface area contributed by atoms with E-state index in [1.807, 2.05) is 11.4 Å². The second kappa shape index (κ2) is 8.34. The SMILES string of the molecule is COC(=O)c1sccc1NC(=S)N(CC(C)C)CC(C)C. The van der Waals surface area contributed by atoms with E-state index in [2.05, 4.69) is 37.9 Å². The largest absolute Gasteiger partial charge is 0.465 e. The van der Waals surface area contributed by atoms with Crippen LogP contribution >= 0.6 is 23.6 Å². The maximum Gasteiger partial charge on any atom is 0.350 e. The van der Waals surface area contributed by atoms with E-state index in [1.54, 1.807) is 0 Å². The third-order valence-corrected chi connectivity index (χ3v) is 3.99. The van der Waals surface area contributed by atoms with Crippen molar-refractivity contribution in [2.75, 3.05) is 25.5 Å². The first-order valence-electron chi connectivity index (χ1n) is 7.06. The van der Waals surface area contributed by atoms with Crippen molar-refractivity contribution in [2.45, 2.75) is 27.7 Å². The molecule has 0 aliphatic rings. The Morgan fingerprint density at radius 3 is 2.38 bits per heavy atom. The molecule has 0 atom stereocenters. The van der Waals surface area contributed by atoms with Crippen molar-refractivity contribution >= 4 is 40.3 Å². The van der Waals surface area contributed by atoms with Crippen molar-refractivity contribution in [3.05, 3.63) is 16.3 Å². The maximum atomic E-state index is 11.7. The van der Waals surface area contributed by atoms with Crippen LogP contribution in [0.3, 0.4) is 0 Å². The summed E-state index contributed by atoms with van der Waals surface area (Å²) in [6.45, 7) is 10.4. The molecule has 0 amide bonds.